The molecule has 0 amide bonds. The first-order valence-electron chi connectivity index (χ1n) is 6.19. The summed E-state index contributed by atoms with van der Waals surface area (Å²) in [5, 5.41) is 10.4. The van der Waals surface area contributed by atoms with E-state index in [4.69, 9.17) is 4.74 Å². The Kier molecular flexibility index (Phi) is 4.91. The van der Waals surface area contributed by atoms with E-state index in [1.54, 1.807) is 11.3 Å². The smallest absolute Gasteiger partial charge is 0.323 e. The summed E-state index contributed by atoms with van der Waals surface area (Å²) in [6.07, 6.45) is 0. The number of anilines is 2. The summed E-state index contributed by atoms with van der Waals surface area (Å²) in [5.74, 6) is 1.04. The summed E-state index contributed by atoms with van der Waals surface area (Å²) in [6.45, 7) is 5.85. The monoisotopic (exact) mass is 279 g/mol. The van der Waals surface area contributed by atoms with Crippen molar-refractivity contribution < 1.29 is 4.74 Å². The molecule has 0 spiro atoms. The van der Waals surface area contributed by atoms with Crippen LogP contribution in [0.4, 0.5) is 11.9 Å². The largest absolute Gasteiger partial charge is 0.464 e. The van der Waals surface area contributed by atoms with Gasteiger partial charge >= 0.3 is 6.01 Å². The van der Waals surface area contributed by atoms with Crippen molar-refractivity contribution in [3.8, 4) is 6.01 Å². The van der Waals surface area contributed by atoms with Gasteiger partial charge in [0.2, 0.25) is 11.9 Å². The normalized spacial score (nSPS) is 10.2. The van der Waals surface area contributed by atoms with Gasteiger partial charge in [0, 0.05) is 13.1 Å². The van der Waals surface area contributed by atoms with Crippen LogP contribution in [0.15, 0.2) is 16.8 Å². The molecule has 0 atom stereocenters. The van der Waals surface area contributed by atoms with Crippen molar-refractivity contribution in [2.45, 2.75) is 20.4 Å². The molecule has 0 saturated carbocycles. The Morgan fingerprint density at radius 3 is 2.58 bits per heavy atom. The molecule has 0 saturated heterocycles. The molecule has 0 aliphatic heterocycles. The average Bonchev–Trinajstić information content (AvgIpc) is 2.90. The van der Waals surface area contributed by atoms with Crippen LogP contribution in [0.2, 0.25) is 0 Å². The van der Waals surface area contributed by atoms with Crippen molar-refractivity contribution in [3.05, 3.63) is 22.4 Å². The van der Waals surface area contributed by atoms with Crippen molar-refractivity contribution >= 4 is 23.2 Å². The zero-order valence-corrected chi connectivity index (χ0v) is 11.8. The minimum atomic E-state index is 0.335. The molecule has 19 heavy (non-hydrogen) atoms. The third-order valence-electron chi connectivity index (χ3n) is 2.25. The van der Waals surface area contributed by atoms with E-state index in [0.29, 0.717) is 31.1 Å². The van der Waals surface area contributed by atoms with Gasteiger partial charge in [-0.1, -0.05) is 0 Å². The van der Waals surface area contributed by atoms with Gasteiger partial charge in [0.05, 0.1) is 6.61 Å². The van der Waals surface area contributed by atoms with Gasteiger partial charge < -0.3 is 15.4 Å². The van der Waals surface area contributed by atoms with Crippen LogP contribution in [0.1, 0.15) is 19.4 Å². The van der Waals surface area contributed by atoms with Gasteiger partial charge in [0.1, 0.15) is 0 Å². The molecule has 0 aliphatic rings. The standard InChI is InChI=1S/C12H17N5OS/c1-3-13-10-15-11(17-12(16-10)18-4-2)14-7-9-5-6-19-8-9/h5-6,8H,3-4,7H2,1-2H3,(H2,13,14,15,16,17). The predicted molar refractivity (Wildman–Crippen MR) is 76.8 cm³/mol. The third-order valence-corrected chi connectivity index (χ3v) is 2.99. The highest BCUT2D eigenvalue weighted by atomic mass is 32.1. The van der Waals surface area contributed by atoms with Gasteiger partial charge in [-0.05, 0) is 36.2 Å². The molecule has 0 unspecified atom stereocenters. The van der Waals surface area contributed by atoms with Crippen LogP contribution >= 0.6 is 11.3 Å². The SMILES string of the molecule is CCNc1nc(NCc2ccsc2)nc(OCC)n1. The Bertz CT molecular complexity index is 479. The van der Waals surface area contributed by atoms with E-state index in [9.17, 15) is 0 Å². The van der Waals surface area contributed by atoms with Crippen molar-refractivity contribution in [3.63, 3.8) is 0 Å². The highest BCUT2D eigenvalue weighted by Gasteiger charge is 2.06. The number of hydrogen-bond acceptors (Lipinski definition) is 7. The van der Waals surface area contributed by atoms with E-state index >= 15 is 0 Å². The Morgan fingerprint density at radius 2 is 1.95 bits per heavy atom. The fourth-order valence-corrected chi connectivity index (χ4v) is 2.11. The maximum absolute atomic E-state index is 5.33. The van der Waals surface area contributed by atoms with Crippen LogP contribution in [-0.2, 0) is 6.54 Å². The van der Waals surface area contributed by atoms with E-state index in [2.05, 4.69) is 37.0 Å². The fourth-order valence-electron chi connectivity index (χ4n) is 1.44. The molecule has 2 aromatic rings. The first-order chi connectivity index (χ1) is 9.31. The minimum absolute atomic E-state index is 0.335. The van der Waals surface area contributed by atoms with E-state index in [1.165, 1.54) is 5.56 Å². The molecule has 2 aromatic heterocycles. The van der Waals surface area contributed by atoms with Gasteiger partial charge in [-0.25, -0.2) is 0 Å². The number of thiophene rings is 1. The van der Waals surface area contributed by atoms with Gasteiger partial charge in [-0.15, -0.1) is 0 Å². The lowest BCUT2D eigenvalue weighted by molar-refractivity contribution is 0.312. The molecule has 0 aromatic carbocycles. The van der Waals surface area contributed by atoms with Gasteiger partial charge in [-0.2, -0.15) is 26.3 Å². The summed E-state index contributed by atoms with van der Waals surface area (Å²) in [5.41, 5.74) is 1.20. The summed E-state index contributed by atoms with van der Waals surface area (Å²) >= 11 is 1.67. The Labute approximate surface area is 116 Å². The van der Waals surface area contributed by atoms with E-state index < -0.39 is 0 Å². The summed E-state index contributed by atoms with van der Waals surface area (Å²) in [6, 6.07) is 2.40. The van der Waals surface area contributed by atoms with Gasteiger partial charge in [0.25, 0.3) is 0 Å². The van der Waals surface area contributed by atoms with Crippen LogP contribution < -0.4 is 15.4 Å². The molecule has 102 valence electrons. The van der Waals surface area contributed by atoms with Crippen molar-refractivity contribution in [1.29, 1.82) is 0 Å². The predicted octanol–water partition coefficient (Wildman–Crippen LogP) is 2.38. The second-order valence-corrected chi connectivity index (χ2v) is 4.49. The topological polar surface area (TPSA) is 72.0 Å². The van der Waals surface area contributed by atoms with Crippen molar-refractivity contribution in [2.24, 2.45) is 0 Å². The first-order valence-corrected chi connectivity index (χ1v) is 7.13. The number of nitrogens with zero attached hydrogens (tertiary/aromatic N) is 3. The average molecular weight is 279 g/mol. The van der Waals surface area contributed by atoms with Gasteiger partial charge in [0.15, 0.2) is 0 Å². The lowest BCUT2D eigenvalue weighted by Crippen LogP contribution is -2.10. The Morgan fingerprint density at radius 1 is 1.16 bits per heavy atom. The number of nitrogens with one attached hydrogen (secondary N) is 2. The lowest BCUT2D eigenvalue weighted by atomic mass is 10.3. The zero-order chi connectivity index (χ0) is 13.5. The van der Waals surface area contributed by atoms with E-state index in [-0.39, 0.29) is 0 Å². The number of rotatable bonds is 7. The molecule has 0 fully saturated rings. The number of hydrogen-bond donors (Lipinski definition) is 2. The minimum Gasteiger partial charge on any atom is -0.464 e. The molecule has 0 aliphatic carbocycles. The van der Waals surface area contributed by atoms with E-state index in [0.717, 1.165) is 6.54 Å². The molecular weight excluding hydrogens is 262 g/mol. The lowest BCUT2D eigenvalue weighted by Gasteiger charge is -2.08. The van der Waals surface area contributed by atoms with Crippen LogP contribution in [0.25, 0.3) is 0 Å². The van der Waals surface area contributed by atoms with Crippen LogP contribution in [0, 0.1) is 0 Å². The maximum Gasteiger partial charge on any atom is 0.323 e. The number of aromatic nitrogens is 3. The summed E-state index contributed by atoms with van der Waals surface area (Å²) in [7, 11) is 0. The third kappa shape index (κ3) is 4.06. The quantitative estimate of drug-likeness (QED) is 0.810. The van der Waals surface area contributed by atoms with Crippen LogP contribution in [0.5, 0.6) is 6.01 Å². The highest BCUT2D eigenvalue weighted by molar-refractivity contribution is 7.07. The van der Waals surface area contributed by atoms with Crippen molar-refractivity contribution in [1.82, 2.24) is 15.0 Å². The second-order valence-electron chi connectivity index (χ2n) is 3.71. The highest BCUT2D eigenvalue weighted by Crippen LogP contribution is 2.13. The molecule has 2 N–H and O–H groups in total. The molecule has 6 nitrogen and oxygen atoms in total. The fraction of sp³-hybridized carbons (Fsp3) is 0.417. The van der Waals surface area contributed by atoms with E-state index in [1.807, 2.05) is 19.2 Å². The van der Waals surface area contributed by atoms with Crippen LogP contribution in [-0.4, -0.2) is 28.1 Å². The zero-order valence-electron chi connectivity index (χ0n) is 11.0. The molecule has 2 rings (SSSR count). The second kappa shape index (κ2) is 6.89. The van der Waals surface area contributed by atoms with Gasteiger partial charge in [-0.3, -0.25) is 0 Å². The Balaban J connectivity index is 2.08. The summed E-state index contributed by atoms with van der Waals surface area (Å²) < 4.78 is 5.33. The molecule has 2 heterocycles. The Hall–Kier alpha value is -1.89. The maximum atomic E-state index is 5.33. The molecule has 7 heteroatoms. The molecule has 0 bridgehead atoms. The molecule has 0 radical (unpaired) electrons. The molecular formula is C12H17N5OS. The van der Waals surface area contributed by atoms with Crippen LogP contribution in [0.3, 0.4) is 0 Å². The van der Waals surface area contributed by atoms with Crippen molar-refractivity contribution in [2.75, 3.05) is 23.8 Å². The first kappa shape index (κ1) is 13.5. The number of ether oxygens (including phenoxy) is 1. The summed E-state index contributed by atoms with van der Waals surface area (Å²) in [4.78, 5) is 12.7.